The molecule has 2 N–H and O–H groups in total. The second kappa shape index (κ2) is 8.75. The van der Waals surface area contributed by atoms with Crippen LogP contribution in [0.25, 0.3) is 0 Å². The standard InChI is InChI=1S/C20H18BrIN4O3S/c1-2-29-20(28)15-14-7-10(17(23)27)9-26(14)18(19-24-5-6-30-19)25-16(15)12-4-3-11(22)8-13(12)21/h3-6,8,10,16H,2,7,9H2,1H3,(H2,23,27). The summed E-state index contributed by atoms with van der Waals surface area (Å²) in [4.78, 5) is 36.3. The van der Waals surface area contributed by atoms with Crippen LogP contribution in [0.5, 0.6) is 0 Å². The Hall–Kier alpha value is -1.79. The van der Waals surface area contributed by atoms with Gasteiger partial charge in [0, 0.05) is 38.3 Å². The number of rotatable bonds is 5. The van der Waals surface area contributed by atoms with E-state index in [-0.39, 0.29) is 6.61 Å². The van der Waals surface area contributed by atoms with Gasteiger partial charge in [-0.15, -0.1) is 11.3 Å². The molecule has 2 aliphatic rings. The van der Waals surface area contributed by atoms with Gasteiger partial charge >= 0.3 is 5.97 Å². The first kappa shape index (κ1) is 21.4. The van der Waals surface area contributed by atoms with E-state index in [0.717, 1.165) is 24.3 Å². The first-order valence-corrected chi connectivity index (χ1v) is 12.1. The van der Waals surface area contributed by atoms with Crippen LogP contribution in [0.4, 0.5) is 0 Å². The van der Waals surface area contributed by atoms with Gasteiger partial charge in [0.15, 0.2) is 10.8 Å². The van der Waals surface area contributed by atoms with Gasteiger partial charge in [-0.2, -0.15) is 0 Å². The number of benzene rings is 1. The molecule has 1 amide bonds. The number of esters is 1. The average molecular weight is 601 g/mol. The zero-order valence-electron chi connectivity index (χ0n) is 16.0. The summed E-state index contributed by atoms with van der Waals surface area (Å²) in [7, 11) is 0. The number of amidine groups is 1. The smallest absolute Gasteiger partial charge is 0.338 e. The van der Waals surface area contributed by atoms with Crippen LogP contribution in [-0.2, 0) is 14.3 Å². The highest BCUT2D eigenvalue weighted by molar-refractivity contribution is 14.1. The van der Waals surface area contributed by atoms with Crippen molar-refractivity contribution in [3.63, 3.8) is 0 Å². The maximum Gasteiger partial charge on any atom is 0.338 e. The Bertz CT molecular complexity index is 1070. The van der Waals surface area contributed by atoms with Gasteiger partial charge in [-0.25, -0.2) is 9.78 Å². The second-order valence-electron chi connectivity index (χ2n) is 6.85. The fourth-order valence-corrected chi connectivity index (χ4v) is 5.86. The minimum absolute atomic E-state index is 0.249. The molecule has 0 spiro atoms. The number of nitrogens with two attached hydrogens (primary N) is 1. The summed E-state index contributed by atoms with van der Waals surface area (Å²) < 4.78 is 7.30. The molecule has 2 aromatic rings. The Morgan fingerprint density at radius 1 is 1.43 bits per heavy atom. The number of allylic oxidation sites excluding steroid dienone is 1. The van der Waals surface area contributed by atoms with Crippen molar-refractivity contribution in [1.29, 1.82) is 0 Å². The van der Waals surface area contributed by atoms with E-state index >= 15 is 0 Å². The summed E-state index contributed by atoms with van der Waals surface area (Å²) in [6.07, 6.45) is 2.08. The maximum atomic E-state index is 13.1. The number of ether oxygens (including phenoxy) is 1. The quantitative estimate of drug-likeness (QED) is 0.417. The number of thiazole rings is 1. The van der Waals surface area contributed by atoms with Crippen LogP contribution in [0.1, 0.15) is 30.0 Å². The Labute approximate surface area is 199 Å². The van der Waals surface area contributed by atoms with Crippen LogP contribution in [0, 0.1) is 9.49 Å². The molecule has 1 fully saturated rings. The molecule has 30 heavy (non-hydrogen) atoms. The summed E-state index contributed by atoms with van der Waals surface area (Å²) in [5.74, 6) is -0.591. The monoisotopic (exact) mass is 600 g/mol. The molecule has 3 heterocycles. The topological polar surface area (TPSA) is 97.9 Å². The SMILES string of the molecule is CCOC(=O)C1=C2CC(C(N)=O)CN2C(c2nccs2)=NC1c1ccc(I)cc1Br. The largest absolute Gasteiger partial charge is 0.463 e. The summed E-state index contributed by atoms with van der Waals surface area (Å²) in [6.45, 7) is 2.38. The van der Waals surface area contributed by atoms with E-state index in [0.29, 0.717) is 24.4 Å². The zero-order valence-corrected chi connectivity index (χ0v) is 20.5. The number of aromatic nitrogens is 1. The zero-order chi connectivity index (χ0) is 21.4. The highest BCUT2D eigenvalue weighted by atomic mass is 127. The van der Waals surface area contributed by atoms with Crippen LogP contribution in [0.15, 0.2) is 50.5 Å². The minimum Gasteiger partial charge on any atom is -0.463 e. The van der Waals surface area contributed by atoms with Crippen molar-refractivity contribution < 1.29 is 14.3 Å². The number of hydrogen-bond donors (Lipinski definition) is 1. The van der Waals surface area contributed by atoms with Crippen LogP contribution in [-0.4, -0.2) is 40.7 Å². The van der Waals surface area contributed by atoms with Gasteiger partial charge in [0.2, 0.25) is 5.91 Å². The summed E-state index contributed by atoms with van der Waals surface area (Å²) in [5, 5.41) is 2.60. The van der Waals surface area contributed by atoms with E-state index in [2.05, 4.69) is 43.5 Å². The predicted molar refractivity (Wildman–Crippen MR) is 126 cm³/mol. The number of carbonyl (C=O) groups is 2. The molecule has 2 unspecified atom stereocenters. The van der Waals surface area contributed by atoms with E-state index in [9.17, 15) is 9.59 Å². The molecule has 0 aliphatic carbocycles. The van der Waals surface area contributed by atoms with Gasteiger partial charge in [0.05, 0.1) is 18.1 Å². The van der Waals surface area contributed by atoms with Gasteiger partial charge < -0.3 is 15.4 Å². The molecule has 4 rings (SSSR count). The number of hydrogen-bond acceptors (Lipinski definition) is 7. The van der Waals surface area contributed by atoms with Gasteiger partial charge in [0.1, 0.15) is 6.04 Å². The first-order chi connectivity index (χ1) is 14.4. The number of primary amides is 1. The molecule has 0 saturated carbocycles. The van der Waals surface area contributed by atoms with Gasteiger partial charge in [-0.05, 0) is 47.2 Å². The lowest BCUT2D eigenvalue weighted by Gasteiger charge is -2.31. The fourth-order valence-electron chi connectivity index (χ4n) is 3.70. The number of nitrogens with zero attached hydrogens (tertiary/aromatic N) is 3. The lowest BCUT2D eigenvalue weighted by molar-refractivity contribution is -0.139. The number of halogens is 2. The molecule has 0 bridgehead atoms. The number of aliphatic imine (C=N–C) groups is 1. The van der Waals surface area contributed by atoms with Crippen LogP contribution < -0.4 is 5.73 Å². The lowest BCUT2D eigenvalue weighted by Crippen LogP contribution is -2.36. The van der Waals surface area contributed by atoms with Gasteiger partial charge in [-0.1, -0.05) is 22.0 Å². The summed E-state index contributed by atoms with van der Waals surface area (Å²) >= 11 is 7.32. The van der Waals surface area contributed by atoms with Crippen LogP contribution >= 0.6 is 49.9 Å². The number of carbonyl (C=O) groups excluding carboxylic acids is 2. The first-order valence-electron chi connectivity index (χ1n) is 9.30. The Kier molecular flexibility index (Phi) is 6.26. The predicted octanol–water partition coefficient (Wildman–Crippen LogP) is 3.64. The van der Waals surface area contributed by atoms with Crippen molar-refractivity contribution >= 4 is 67.6 Å². The van der Waals surface area contributed by atoms with Crippen molar-refractivity contribution in [3.05, 3.63) is 59.7 Å². The molecule has 2 atom stereocenters. The average Bonchev–Trinajstić information content (AvgIpc) is 3.37. The minimum atomic E-state index is -0.577. The fraction of sp³-hybridized carbons (Fsp3) is 0.300. The Balaban J connectivity index is 1.92. The van der Waals surface area contributed by atoms with Gasteiger partial charge in [-0.3, -0.25) is 9.79 Å². The van der Waals surface area contributed by atoms with Crippen LogP contribution in [0.3, 0.4) is 0 Å². The van der Waals surface area contributed by atoms with E-state index in [4.69, 9.17) is 15.5 Å². The van der Waals surface area contributed by atoms with Crippen LogP contribution in [0.2, 0.25) is 0 Å². The number of amides is 1. The molecule has 0 radical (unpaired) electrons. The van der Waals surface area contributed by atoms with Crippen molar-refractivity contribution in [3.8, 4) is 0 Å². The summed E-state index contributed by atoms with van der Waals surface area (Å²) in [5.41, 5.74) is 7.64. The molecule has 7 nitrogen and oxygen atoms in total. The molecule has 1 aromatic carbocycles. The second-order valence-corrected chi connectivity index (χ2v) is 9.85. The molecule has 1 aromatic heterocycles. The third-order valence-electron chi connectivity index (χ3n) is 5.04. The maximum absolute atomic E-state index is 13.1. The van der Waals surface area contributed by atoms with Crippen molar-refractivity contribution in [2.24, 2.45) is 16.6 Å². The molecule has 156 valence electrons. The molecule has 2 aliphatic heterocycles. The highest BCUT2D eigenvalue weighted by Crippen LogP contribution is 2.43. The Morgan fingerprint density at radius 2 is 2.23 bits per heavy atom. The van der Waals surface area contributed by atoms with E-state index in [1.165, 1.54) is 11.3 Å². The van der Waals surface area contributed by atoms with Crippen molar-refractivity contribution in [1.82, 2.24) is 9.88 Å². The number of fused-ring (bicyclic) bond motifs is 1. The van der Waals surface area contributed by atoms with Crippen molar-refractivity contribution in [2.75, 3.05) is 13.2 Å². The molecule has 1 saturated heterocycles. The Morgan fingerprint density at radius 3 is 2.87 bits per heavy atom. The molecule has 10 heteroatoms. The molecular weight excluding hydrogens is 583 g/mol. The van der Waals surface area contributed by atoms with E-state index < -0.39 is 23.8 Å². The highest BCUT2D eigenvalue weighted by Gasteiger charge is 2.43. The van der Waals surface area contributed by atoms with Crippen molar-refractivity contribution in [2.45, 2.75) is 19.4 Å². The van der Waals surface area contributed by atoms with E-state index in [1.807, 2.05) is 28.5 Å². The van der Waals surface area contributed by atoms with E-state index in [1.54, 1.807) is 13.1 Å². The third-order valence-corrected chi connectivity index (χ3v) is 7.17. The summed E-state index contributed by atoms with van der Waals surface area (Å²) in [6, 6.07) is 5.33. The lowest BCUT2D eigenvalue weighted by atomic mass is 9.94. The third kappa shape index (κ3) is 3.92. The molecular formula is C20H18BrIN4O3S. The van der Waals surface area contributed by atoms with Gasteiger partial charge in [0.25, 0.3) is 0 Å². The normalized spacial score (nSPS) is 20.8.